The fourth-order valence-electron chi connectivity index (χ4n) is 8.60. The molecule has 0 aliphatic carbocycles. The third-order valence-electron chi connectivity index (χ3n) is 10.8. The number of alkyl halides is 2. The summed E-state index contributed by atoms with van der Waals surface area (Å²) < 4.78 is 64.1. The average molecular weight is 760 g/mol. The highest BCUT2D eigenvalue weighted by molar-refractivity contribution is 6.06. The second kappa shape index (κ2) is 13.0. The largest absolute Gasteiger partial charge is 0.472 e. The van der Waals surface area contributed by atoms with Crippen LogP contribution in [0.25, 0.3) is 32.9 Å². The Balaban J connectivity index is 1.32. The molecule has 288 valence electrons. The van der Waals surface area contributed by atoms with Gasteiger partial charge >= 0.3 is 18.2 Å². The number of likely N-dealkylation sites (N-methyl/N-ethyl adjacent to an activating group) is 1. The van der Waals surface area contributed by atoms with Crippen LogP contribution in [-0.2, 0) is 4.74 Å². The first-order valence-corrected chi connectivity index (χ1v) is 18.1. The van der Waals surface area contributed by atoms with Crippen LogP contribution in [0, 0.1) is 18.2 Å². The Kier molecular flexibility index (Phi) is 8.63. The van der Waals surface area contributed by atoms with Crippen LogP contribution in [0.5, 0.6) is 11.9 Å². The van der Waals surface area contributed by atoms with E-state index in [1.54, 1.807) is 65.1 Å². The van der Waals surface area contributed by atoms with Crippen LogP contribution < -0.4 is 19.7 Å². The monoisotopic (exact) mass is 759 g/mol. The molecule has 0 saturated carbocycles. The summed E-state index contributed by atoms with van der Waals surface area (Å²) in [5.74, 6) is -0.866. The van der Waals surface area contributed by atoms with Crippen molar-refractivity contribution in [3.05, 3.63) is 41.7 Å². The molecule has 3 fully saturated rings. The number of piperazine rings is 1. The number of ether oxygens (including phenoxy) is 3. The zero-order valence-corrected chi connectivity index (χ0v) is 30.9. The van der Waals surface area contributed by atoms with Gasteiger partial charge in [0, 0.05) is 41.2 Å². The van der Waals surface area contributed by atoms with E-state index in [4.69, 9.17) is 30.6 Å². The molecule has 2 bridgehead atoms. The van der Waals surface area contributed by atoms with Gasteiger partial charge in [0.05, 0.1) is 24.7 Å². The number of rotatable bonds is 5. The molecule has 2 aromatic heterocycles. The van der Waals surface area contributed by atoms with Crippen LogP contribution in [0.4, 0.5) is 34.3 Å². The molecular weight excluding hydrogens is 719 g/mol. The second-order valence-electron chi connectivity index (χ2n) is 15.7. The number of hydrogen-bond donors (Lipinski definition) is 2. The molecule has 2 amide bonds. The highest BCUT2D eigenvalue weighted by atomic mass is 19.3. The first-order chi connectivity index (χ1) is 26.0. The predicted octanol–water partition coefficient (Wildman–Crippen LogP) is 6.51. The first-order valence-electron chi connectivity index (χ1n) is 18.1. The lowest BCUT2D eigenvalue weighted by Gasteiger charge is -2.47. The molecule has 4 aliphatic heterocycles. The summed E-state index contributed by atoms with van der Waals surface area (Å²) in [6.07, 6.45) is 4.28. The van der Waals surface area contributed by atoms with E-state index in [1.807, 2.05) is 4.90 Å². The molecule has 4 aliphatic rings. The molecule has 6 heterocycles. The van der Waals surface area contributed by atoms with Crippen LogP contribution in [-0.4, -0.2) is 111 Å². The lowest BCUT2D eigenvalue weighted by molar-refractivity contribution is 0.0136. The van der Waals surface area contributed by atoms with Gasteiger partial charge < -0.3 is 24.2 Å². The van der Waals surface area contributed by atoms with Gasteiger partial charge in [-0.15, -0.1) is 6.42 Å². The van der Waals surface area contributed by atoms with Gasteiger partial charge in [-0.05, 0) is 71.2 Å². The number of nitrogens with zero attached hydrogens (tertiary/aromatic N) is 6. The quantitative estimate of drug-likeness (QED) is 0.215. The summed E-state index contributed by atoms with van der Waals surface area (Å²) in [6.45, 7) is 6.61. The van der Waals surface area contributed by atoms with Gasteiger partial charge in [0.2, 0.25) is 5.88 Å². The highest BCUT2D eigenvalue weighted by Crippen LogP contribution is 2.47. The lowest BCUT2D eigenvalue weighted by Crippen LogP contribution is -2.64. The van der Waals surface area contributed by atoms with Gasteiger partial charge in [-0.25, -0.2) is 27.7 Å². The Morgan fingerprint density at radius 2 is 1.95 bits per heavy atom. The van der Waals surface area contributed by atoms with E-state index >= 15 is 4.39 Å². The maximum absolute atomic E-state index is 17.5. The molecule has 16 heteroatoms. The molecular formula is C39H40F3N7O6. The number of pyridine rings is 1. The van der Waals surface area contributed by atoms with Gasteiger partial charge in [-0.1, -0.05) is 18.1 Å². The minimum absolute atomic E-state index is 0.000361. The molecule has 4 unspecified atom stereocenters. The van der Waals surface area contributed by atoms with Crippen LogP contribution in [0.2, 0.25) is 0 Å². The van der Waals surface area contributed by atoms with E-state index < -0.39 is 66.7 Å². The number of benzene rings is 2. The zero-order chi connectivity index (χ0) is 39.1. The van der Waals surface area contributed by atoms with Gasteiger partial charge in [-0.3, -0.25) is 15.1 Å². The van der Waals surface area contributed by atoms with E-state index in [0.29, 0.717) is 29.2 Å². The standard InChI is InChI=1S/C39H40F3N7O6/c1-7-20-9-8-10-21-13-22(43-36(50)55-38(3,4)5)14-25(27(20)21)30-29(40)31-28-33(46-35(45-31)53-17-24-15-39(41,42)18-47(24)6)48-16-23-11-12-26(49(23)37(51)52)32(48)19(2)54-34(28)44-30/h1,8-10,13-14,19,23-24,26,32H,11-12,15-18H2,2-6H3,(H,43,50)(H,51,52)/t19?,23?,24-,26?,32?/m0/s1. The van der Waals surface area contributed by atoms with Crippen molar-refractivity contribution in [1.82, 2.24) is 24.8 Å². The molecule has 5 atom stereocenters. The third-order valence-corrected chi connectivity index (χ3v) is 10.8. The van der Waals surface area contributed by atoms with E-state index in [2.05, 4.69) is 16.2 Å². The number of fused-ring (bicyclic) bond motifs is 6. The Morgan fingerprint density at radius 1 is 1.16 bits per heavy atom. The van der Waals surface area contributed by atoms with Crippen molar-refractivity contribution >= 4 is 45.4 Å². The Morgan fingerprint density at radius 3 is 2.64 bits per heavy atom. The number of nitrogens with one attached hydrogen (secondary N) is 1. The molecule has 0 radical (unpaired) electrons. The van der Waals surface area contributed by atoms with Gasteiger partial charge in [0.1, 0.15) is 40.7 Å². The number of terminal acetylenes is 1. The molecule has 2 N–H and O–H groups in total. The summed E-state index contributed by atoms with van der Waals surface area (Å²) in [6, 6.07) is 6.18. The molecule has 3 saturated heterocycles. The number of carboxylic acid groups (broad SMARTS) is 1. The van der Waals surface area contributed by atoms with Crippen molar-refractivity contribution in [2.75, 3.05) is 37.0 Å². The number of carbonyl (C=O) groups excluding carboxylic acids is 1. The fraction of sp³-hybridized carbons (Fsp3) is 0.462. The van der Waals surface area contributed by atoms with Crippen molar-refractivity contribution in [2.24, 2.45) is 0 Å². The van der Waals surface area contributed by atoms with Crippen LogP contribution in [0.1, 0.15) is 52.5 Å². The van der Waals surface area contributed by atoms with Gasteiger partial charge in [0.15, 0.2) is 5.82 Å². The summed E-state index contributed by atoms with van der Waals surface area (Å²) in [5, 5.41) is 14.1. The number of hydrogen-bond acceptors (Lipinski definition) is 10. The first kappa shape index (κ1) is 36.4. The van der Waals surface area contributed by atoms with E-state index in [1.165, 1.54) is 9.80 Å². The topological polar surface area (TPSA) is 142 Å². The number of anilines is 2. The number of aromatic nitrogens is 3. The fourth-order valence-corrected chi connectivity index (χ4v) is 8.60. The molecule has 55 heavy (non-hydrogen) atoms. The SMILES string of the molecule is C#Cc1cccc2cc(NC(=O)OC(C)(C)C)cc(-c3nc4c5c(nc(OC[C@@H]6CC(F)(F)CN6C)nc5c3F)N3CC5CCC(C3C(C)O4)N5C(=O)O)c12. The maximum Gasteiger partial charge on any atom is 0.412 e. The van der Waals surface area contributed by atoms with Crippen LogP contribution in [0.3, 0.4) is 0 Å². The molecule has 2 aromatic carbocycles. The molecule has 8 rings (SSSR count). The minimum Gasteiger partial charge on any atom is -0.472 e. The average Bonchev–Trinajstić information content (AvgIpc) is 3.52. The van der Waals surface area contributed by atoms with Gasteiger partial charge in [-0.2, -0.15) is 9.97 Å². The summed E-state index contributed by atoms with van der Waals surface area (Å²) in [5.41, 5.74) is -0.262. The normalized spacial score (nSPS) is 24.2. The predicted molar refractivity (Wildman–Crippen MR) is 197 cm³/mol. The number of likely N-dealkylation sites (tertiary alicyclic amines) is 1. The van der Waals surface area contributed by atoms with Crippen molar-refractivity contribution in [3.8, 4) is 35.5 Å². The molecule has 0 spiro atoms. The van der Waals surface area contributed by atoms with Crippen molar-refractivity contribution < 1.29 is 42.1 Å². The summed E-state index contributed by atoms with van der Waals surface area (Å²) >= 11 is 0. The lowest BCUT2D eigenvalue weighted by atomic mass is 9.95. The highest BCUT2D eigenvalue weighted by Gasteiger charge is 2.53. The van der Waals surface area contributed by atoms with Crippen LogP contribution in [0.15, 0.2) is 30.3 Å². The Hall–Kier alpha value is -5.56. The number of halogens is 3. The second-order valence-corrected chi connectivity index (χ2v) is 15.7. The van der Waals surface area contributed by atoms with Gasteiger partial charge in [0.25, 0.3) is 5.92 Å². The summed E-state index contributed by atoms with van der Waals surface area (Å²) in [4.78, 5) is 44.3. The van der Waals surface area contributed by atoms with E-state index in [0.717, 1.165) is 0 Å². The summed E-state index contributed by atoms with van der Waals surface area (Å²) in [7, 11) is 1.58. The Bertz CT molecular complexity index is 2290. The van der Waals surface area contributed by atoms with Crippen molar-refractivity contribution in [2.45, 2.75) is 88.8 Å². The van der Waals surface area contributed by atoms with E-state index in [-0.39, 0.29) is 64.7 Å². The third kappa shape index (κ3) is 6.43. The smallest absolute Gasteiger partial charge is 0.412 e. The van der Waals surface area contributed by atoms with Crippen molar-refractivity contribution in [1.29, 1.82) is 0 Å². The number of amides is 2. The van der Waals surface area contributed by atoms with Crippen molar-refractivity contribution in [3.63, 3.8) is 0 Å². The van der Waals surface area contributed by atoms with Crippen LogP contribution >= 0.6 is 0 Å². The molecule has 13 nitrogen and oxygen atoms in total. The maximum atomic E-state index is 17.5. The minimum atomic E-state index is -2.89. The molecule has 4 aromatic rings. The zero-order valence-electron chi connectivity index (χ0n) is 30.9. The Labute approximate surface area is 314 Å². The van der Waals surface area contributed by atoms with E-state index in [9.17, 15) is 23.5 Å². The number of carbonyl (C=O) groups is 2.